The molecule has 1 amide bonds. The van der Waals surface area contributed by atoms with Crippen LogP contribution in [0.25, 0.3) is 0 Å². The number of carbonyl (C=O) groups excluding carboxylic acids is 1. The summed E-state index contributed by atoms with van der Waals surface area (Å²) in [6.07, 6.45) is 1.51. The van der Waals surface area contributed by atoms with Crippen LogP contribution in [0.2, 0.25) is 5.15 Å². The van der Waals surface area contributed by atoms with Gasteiger partial charge in [-0.3, -0.25) is 4.79 Å². The van der Waals surface area contributed by atoms with E-state index in [4.69, 9.17) is 11.6 Å². The van der Waals surface area contributed by atoms with Gasteiger partial charge in [0.2, 0.25) is 0 Å². The molecule has 1 aromatic heterocycles. The number of amides is 1. The Morgan fingerprint density at radius 1 is 1.43 bits per heavy atom. The van der Waals surface area contributed by atoms with Crippen molar-refractivity contribution < 1.29 is 9.18 Å². The van der Waals surface area contributed by atoms with E-state index in [1.54, 1.807) is 38.2 Å². The molecule has 0 saturated heterocycles. The number of hydrogen-bond acceptors (Lipinski definition) is 2. The van der Waals surface area contributed by atoms with Gasteiger partial charge in [-0.1, -0.05) is 29.8 Å². The van der Waals surface area contributed by atoms with Gasteiger partial charge in [0.1, 0.15) is 11.0 Å². The summed E-state index contributed by atoms with van der Waals surface area (Å²) in [5.41, 5.74) is 0.726. The molecule has 0 radical (unpaired) electrons. The molecule has 0 aliphatic rings. The average molecular weight is 372 g/mol. The first kappa shape index (κ1) is 15.9. The molecule has 110 valence electrons. The molecular formula is C15H13BrClFN2O. The molecule has 3 nitrogen and oxygen atoms in total. The number of benzene rings is 1. The minimum Gasteiger partial charge on any atom is -0.335 e. The molecule has 1 aromatic carbocycles. The summed E-state index contributed by atoms with van der Waals surface area (Å²) in [4.78, 5) is 17.9. The van der Waals surface area contributed by atoms with Crippen molar-refractivity contribution in [2.75, 3.05) is 7.05 Å². The first-order chi connectivity index (χ1) is 9.91. The van der Waals surface area contributed by atoms with E-state index in [0.29, 0.717) is 10.0 Å². The number of halogens is 3. The lowest BCUT2D eigenvalue weighted by Gasteiger charge is -2.26. The van der Waals surface area contributed by atoms with Crippen LogP contribution >= 0.6 is 27.5 Å². The number of pyridine rings is 1. The van der Waals surface area contributed by atoms with Gasteiger partial charge in [-0.2, -0.15) is 0 Å². The second-order valence-corrected chi connectivity index (χ2v) is 5.88. The molecule has 2 aromatic rings. The van der Waals surface area contributed by atoms with E-state index in [9.17, 15) is 9.18 Å². The highest BCUT2D eigenvalue weighted by atomic mass is 79.9. The molecule has 0 spiro atoms. The van der Waals surface area contributed by atoms with Gasteiger partial charge in [0, 0.05) is 23.3 Å². The molecule has 0 saturated carbocycles. The molecule has 0 bridgehead atoms. The first-order valence-electron chi connectivity index (χ1n) is 6.24. The predicted octanol–water partition coefficient (Wildman–Crippen LogP) is 4.47. The standard InChI is InChI=1S/C15H13BrClFN2O/c1-9(11-5-3-4-6-13(11)18)20(2)15(21)12-7-10(16)8-19-14(12)17/h3-9H,1-2H3. The number of nitrogens with zero attached hydrogens (tertiary/aromatic N) is 2. The molecule has 0 fully saturated rings. The summed E-state index contributed by atoms with van der Waals surface area (Å²) in [6, 6.07) is 7.56. The van der Waals surface area contributed by atoms with Gasteiger partial charge < -0.3 is 4.90 Å². The van der Waals surface area contributed by atoms with Crippen LogP contribution < -0.4 is 0 Å². The van der Waals surface area contributed by atoms with Gasteiger partial charge in [-0.15, -0.1) is 0 Å². The van der Waals surface area contributed by atoms with Crippen LogP contribution in [0.15, 0.2) is 41.0 Å². The van der Waals surface area contributed by atoms with Crippen molar-refractivity contribution in [2.24, 2.45) is 0 Å². The van der Waals surface area contributed by atoms with Crippen molar-refractivity contribution in [3.8, 4) is 0 Å². The maximum absolute atomic E-state index is 13.8. The highest BCUT2D eigenvalue weighted by Crippen LogP contribution is 2.26. The number of rotatable bonds is 3. The topological polar surface area (TPSA) is 33.2 Å². The van der Waals surface area contributed by atoms with Crippen LogP contribution in [-0.2, 0) is 0 Å². The van der Waals surface area contributed by atoms with Gasteiger partial charge in [0.05, 0.1) is 11.6 Å². The Hall–Kier alpha value is -1.46. The Labute approximate surface area is 135 Å². The van der Waals surface area contributed by atoms with Crippen LogP contribution in [0.3, 0.4) is 0 Å². The predicted molar refractivity (Wildman–Crippen MR) is 83.9 cm³/mol. The zero-order chi connectivity index (χ0) is 15.6. The number of aromatic nitrogens is 1. The van der Waals surface area contributed by atoms with Crippen molar-refractivity contribution in [3.63, 3.8) is 0 Å². The molecule has 0 aliphatic carbocycles. The van der Waals surface area contributed by atoms with Crippen molar-refractivity contribution in [1.29, 1.82) is 0 Å². The quantitative estimate of drug-likeness (QED) is 0.746. The Bertz CT molecular complexity index is 680. The van der Waals surface area contributed by atoms with Gasteiger partial charge in [0.25, 0.3) is 5.91 Å². The van der Waals surface area contributed by atoms with Crippen molar-refractivity contribution >= 4 is 33.4 Å². The fraction of sp³-hybridized carbons (Fsp3) is 0.200. The van der Waals surface area contributed by atoms with E-state index < -0.39 is 6.04 Å². The largest absolute Gasteiger partial charge is 0.335 e. The third kappa shape index (κ3) is 3.41. The summed E-state index contributed by atoms with van der Waals surface area (Å²) < 4.78 is 14.5. The lowest BCUT2D eigenvalue weighted by atomic mass is 10.1. The molecule has 1 heterocycles. The second kappa shape index (κ2) is 6.54. The van der Waals surface area contributed by atoms with Crippen LogP contribution in [0.4, 0.5) is 4.39 Å². The minimum absolute atomic E-state index is 0.121. The number of hydrogen-bond donors (Lipinski definition) is 0. The van der Waals surface area contributed by atoms with E-state index >= 15 is 0 Å². The highest BCUT2D eigenvalue weighted by molar-refractivity contribution is 9.10. The Morgan fingerprint density at radius 3 is 2.76 bits per heavy atom. The van der Waals surface area contributed by atoms with Gasteiger partial charge in [-0.25, -0.2) is 9.37 Å². The molecule has 1 unspecified atom stereocenters. The van der Waals surface area contributed by atoms with Gasteiger partial charge in [0.15, 0.2) is 0 Å². The Kier molecular flexibility index (Phi) is 4.96. The zero-order valence-electron chi connectivity index (χ0n) is 11.5. The lowest BCUT2D eigenvalue weighted by molar-refractivity contribution is 0.0740. The van der Waals surface area contributed by atoms with Crippen molar-refractivity contribution in [2.45, 2.75) is 13.0 Å². The first-order valence-corrected chi connectivity index (χ1v) is 7.41. The summed E-state index contributed by atoms with van der Waals surface area (Å²) >= 11 is 9.22. The second-order valence-electron chi connectivity index (χ2n) is 4.61. The Balaban J connectivity index is 2.31. The summed E-state index contributed by atoms with van der Waals surface area (Å²) in [5.74, 6) is -0.660. The number of carbonyl (C=O) groups is 1. The summed E-state index contributed by atoms with van der Waals surface area (Å²) in [6.45, 7) is 1.76. The third-order valence-corrected chi connectivity index (χ3v) is 4.03. The van der Waals surface area contributed by atoms with Gasteiger partial charge in [-0.05, 0) is 35.0 Å². The van der Waals surface area contributed by atoms with Crippen LogP contribution in [0.1, 0.15) is 28.9 Å². The zero-order valence-corrected chi connectivity index (χ0v) is 13.8. The molecule has 2 rings (SSSR count). The van der Waals surface area contributed by atoms with E-state index in [0.717, 1.165) is 0 Å². The van der Waals surface area contributed by atoms with Gasteiger partial charge >= 0.3 is 0 Å². The van der Waals surface area contributed by atoms with Crippen molar-refractivity contribution in [3.05, 3.63) is 63.1 Å². The average Bonchev–Trinajstić information content (AvgIpc) is 2.48. The molecule has 0 aliphatic heterocycles. The van der Waals surface area contributed by atoms with E-state index in [1.807, 2.05) is 0 Å². The molecular weight excluding hydrogens is 359 g/mol. The molecule has 21 heavy (non-hydrogen) atoms. The monoisotopic (exact) mass is 370 g/mol. The van der Waals surface area contributed by atoms with E-state index in [1.165, 1.54) is 17.2 Å². The van der Waals surface area contributed by atoms with Crippen molar-refractivity contribution in [1.82, 2.24) is 9.88 Å². The minimum atomic E-state index is -0.422. The van der Waals surface area contributed by atoms with E-state index in [2.05, 4.69) is 20.9 Å². The normalized spacial score (nSPS) is 12.0. The van der Waals surface area contributed by atoms with E-state index in [-0.39, 0.29) is 22.4 Å². The highest BCUT2D eigenvalue weighted by Gasteiger charge is 2.23. The third-order valence-electron chi connectivity index (χ3n) is 3.29. The van der Waals surface area contributed by atoms with Crippen LogP contribution in [0, 0.1) is 5.82 Å². The smallest absolute Gasteiger partial charge is 0.257 e. The SMILES string of the molecule is CC(c1ccccc1F)N(C)C(=O)c1cc(Br)cnc1Cl. The summed E-state index contributed by atoms with van der Waals surface area (Å²) in [5, 5.41) is 0.121. The molecule has 1 atom stereocenters. The molecule has 0 N–H and O–H groups in total. The van der Waals surface area contributed by atoms with Crippen LogP contribution in [0.5, 0.6) is 0 Å². The maximum Gasteiger partial charge on any atom is 0.257 e. The Morgan fingerprint density at radius 2 is 2.10 bits per heavy atom. The fourth-order valence-corrected chi connectivity index (χ4v) is 2.48. The maximum atomic E-state index is 13.8. The fourth-order valence-electron chi connectivity index (χ4n) is 1.96. The lowest BCUT2D eigenvalue weighted by Crippen LogP contribution is -2.30. The van der Waals surface area contributed by atoms with Crippen LogP contribution in [-0.4, -0.2) is 22.8 Å². The summed E-state index contributed by atoms with van der Waals surface area (Å²) in [7, 11) is 1.61. The molecule has 6 heteroatoms.